The van der Waals surface area contributed by atoms with E-state index >= 15 is 0 Å². The van der Waals surface area contributed by atoms with Gasteiger partial charge < -0.3 is 0 Å². The van der Waals surface area contributed by atoms with E-state index in [4.69, 9.17) is 0 Å². The predicted molar refractivity (Wildman–Crippen MR) is 47.7 cm³/mol. The fraction of sp³-hybridized carbons (Fsp3) is 0.300. The van der Waals surface area contributed by atoms with Crippen LogP contribution in [0.25, 0.3) is 0 Å². The van der Waals surface area contributed by atoms with Crippen molar-refractivity contribution in [2.24, 2.45) is 0 Å². The average molecular weight is 164 g/mol. The molecule has 1 amide bonds. The fourth-order valence-corrected chi connectivity index (χ4v) is 1.05. The minimum Gasteiger partial charge on any atom is -0.290 e. The van der Waals surface area contributed by atoms with Crippen LogP contribution in [0.3, 0.4) is 0 Å². The van der Waals surface area contributed by atoms with Gasteiger partial charge in [-0.25, -0.2) is 4.79 Å². The van der Waals surface area contributed by atoms with Gasteiger partial charge in [0.15, 0.2) is 0 Å². The van der Waals surface area contributed by atoms with Crippen molar-refractivity contribution in [3.63, 3.8) is 0 Å². The Morgan fingerprint density at radius 2 is 1.75 bits per heavy atom. The molecule has 0 aliphatic carbocycles. The second kappa shape index (κ2) is 3.50. The fourth-order valence-electron chi connectivity index (χ4n) is 1.05. The molecule has 0 radical (unpaired) electrons. The number of carbonyl (C=O) groups is 1. The van der Waals surface area contributed by atoms with Crippen molar-refractivity contribution in [3.05, 3.63) is 35.4 Å². The zero-order valence-corrected chi connectivity index (χ0v) is 7.50. The van der Waals surface area contributed by atoms with Gasteiger partial charge in [-0.3, -0.25) is 5.73 Å². The summed E-state index contributed by atoms with van der Waals surface area (Å²) in [4.78, 5) is 10.8. The van der Waals surface area contributed by atoms with E-state index in [1.165, 1.54) is 5.56 Å². The maximum Gasteiger partial charge on any atom is 0.340 e. The summed E-state index contributed by atoms with van der Waals surface area (Å²) in [5.41, 5.74) is 5.27. The van der Waals surface area contributed by atoms with Crippen LogP contribution in [-0.2, 0) is 0 Å². The van der Waals surface area contributed by atoms with Crippen molar-refractivity contribution in [2.75, 3.05) is 0 Å². The molecule has 2 heteroatoms. The molecule has 0 heterocycles. The third-order valence-electron chi connectivity index (χ3n) is 1.90. The van der Waals surface area contributed by atoms with E-state index in [9.17, 15) is 4.79 Å². The maximum atomic E-state index is 10.8. The molecule has 3 N–H and O–H groups in total. The third kappa shape index (κ3) is 1.92. The summed E-state index contributed by atoms with van der Waals surface area (Å²) in [6.07, 6.45) is 0. The van der Waals surface area contributed by atoms with Crippen LogP contribution in [0, 0.1) is 0 Å². The maximum absolute atomic E-state index is 10.8. The van der Waals surface area contributed by atoms with Gasteiger partial charge in [0.1, 0.15) is 0 Å². The molecule has 0 aromatic heterocycles. The van der Waals surface area contributed by atoms with Gasteiger partial charge in [0, 0.05) is 0 Å². The molecule has 0 aliphatic heterocycles. The molecule has 0 fully saturated rings. The standard InChI is InChI=1S/C10H13NO/c1-7(2)8-3-5-9(6-4-8)10(11)12/h3-7H,1-2H3,(H2,11,12)/p+1. The van der Waals surface area contributed by atoms with Crippen molar-refractivity contribution in [1.82, 2.24) is 0 Å². The van der Waals surface area contributed by atoms with Gasteiger partial charge in [-0.1, -0.05) is 26.0 Å². The van der Waals surface area contributed by atoms with E-state index in [-0.39, 0.29) is 5.91 Å². The molecule has 12 heavy (non-hydrogen) atoms. The zero-order valence-electron chi connectivity index (χ0n) is 7.50. The van der Waals surface area contributed by atoms with Crippen LogP contribution in [0.15, 0.2) is 24.3 Å². The summed E-state index contributed by atoms with van der Waals surface area (Å²) >= 11 is 0. The highest BCUT2D eigenvalue weighted by Gasteiger charge is 2.04. The average Bonchev–Trinajstić information content (AvgIpc) is 2.04. The van der Waals surface area contributed by atoms with Crippen molar-refractivity contribution in [2.45, 2.75) is 19.8 Å². The van der Waals surface area contributed by atoms with Crippen molar-refractivity contribution < 1.29 is 10.5 Å². The predicted octanol–water partition coefficient (Wildman–Crippen LogP) is 1.19. The van der Waals surface area contributed by atoms with E-state index in [2.05, 4.69) is 19.6 Å². The number of rotatable bonds is 2. The SMILES string of the molecule is CC(C)c1ccc(C([NH3+])=O)cc1. The molecule has 0 unspecified atom stereocenters. The molecule has 0 aliphatic rings. The summed E-state index contributed by atoms with van der Waals surface area (Å²) in [6.45, 7) is 4.25. The van der Waals surface area contributed by atoms with Gasteiger partial charge in [-0.2, -0.15) is 0 Å². The van der Waals surface area contributed by atoms with Gasteiger partial charge in [-0.15, -0.1) is 0 Å². The molecule has 0 atom stereocenters. The number of hydrogen-bond donors (Lipinski definition) is 1. The number of amides is 1. The summed E-state index contributed by atoms with van der Waals surface area (Å²) in [6, 6.07) is 7.60. The summed E-state index contributed by atoms with van der Waals surface area (Å²) in [5, 5.41) is 0. The van der Waals surface area contributed by atoms with Crippen molar-refractivity contribution in [3.8, 4) is 0 Å². The van der Waals surface area contributed by atoms with Crippen LogP contribution in [0.5, 0.6) is 0 Å². The molecule has 0 saturated carbocycles. The summed E-state index contributed by atoms with van der Waals surface area (Å²) < 4.78 is 0. The highest BCUT2D eigenvalue weighted by Crippen LogP contribution is 2.13. The highest BCUT2D eigenvalue weighted by atomic mass is 16.1. The first-order valence-corrected chi connectivity index (χ1v) is 4.07. The van der Waals surface area contributed by atoms with Gasteiger partial charge in [0.2, 0.25) is 0 Å². The summed E-state index contributed by atoms with van der Waals surface area (Å²) in [7, 11) is 0. The van der Waals surface area contributed by atoms with E-state index in [0.29, 0.717) is 11.5 Å². The number of hydrogen-bond acceptors (Lipinski definition) is 1. The molecule has 2 nitrogen and oxygen atoms in total. The highest BCUT2D eigenvalue weighted by molar-refractivity contribution is 5.85. The normalized spacial score (nSPS) is 10.3. The van der Waals surface area contributed by atoms with E-state index in [0.717, 1.165) is 0 Å². The Morgan fingerprint density at radius 1 is 1.25 bits per heavy atom. The largest absolute Gasteiger partial charge is 0.340 e. The van der Waals surface area contributed by atoms with Crippen LogP contribution in [-0.4, -0.2) is 5.91 Å². The lowest BCUT2D eigenvalue weighted by molar-refractivity contribution is -0.255. The Balaban J connectivity index is 2.93. The molecule has 0 saturated heterocycles. The molecular formula is C10H14NO+. The Bertz CT molecular complexity index is 274. The van der Waals surface area contributed by atoms with Gasteiger partial charge in [0.05, 0.1) is 5.56 Å². The number of quaternary nitrogens is 1. The minimum absolute atomic E-state index is 0.120. The Hall–Kier alpha value is -1.15. The second-order valence-electron chi connectivity index (χ2n) is 3.20. The Labute approximate surface area is 72.4 Å². The monoisotopic (exact) mass is 164 g/mol. The first-order chi connectivity index (χ1) is 5.61. The van der Waals surface area contributed by atoms with Gasteiger partial charge >= 0.3 is 5.91 Å². The minimum atomic E-state index is -0.120. The molecule has 0 bridgehead atoms. The topological polar surface area (TPSA) is 44.7 Å². The second-order valence-corrected chi connectivity index (χ2v) is 3.20. The van der Waals surface area contributed by atoms with E-state index in [1.54, 1.807) is 0 Å². The molecule has 64 valence electrons. The van der Waals surface area contributed by atoms with Gasteiger partial charge in [-0.05, 0) is 23.6 Å². The van der Waals surface area contributed by atoms with Crippen molar-refractivity contribution in [1.29, 1.82) is 0 Å². The lowest BCUT2D eigenvalue weighted by atomic mass is 10.0. The molecule has 1 aromatic carbocycles. The molecule has 1 aromatic rings. The first kappa shape index (κ1) is 8.94. The van der Waals surface area contributed by atoms with Crippen LogP contribution in [0.4, 0.5) is 0 Å². The smallest absolute Gasteiger partial charge is 0.290 e. The first-order valence-electron chi connectivity index (χ1n) is 4.07. The third-order valence-corrected chi connectivity index (χ3v) is 1.90. The van der Waals surface area contributed by atoms with Crippen LogP contribution < -0.4 is 5.73 Å². The van der Waals surface area contributed by atoms with Crippen LogP contribution in [0.1, 0.15) is 35.7 Å². The molecular weight excluding hydrogens is 150 g/mol. The Kier molecular flexibility index (Phi) is 2.61. The quantitative estimate of drug-likeness (QED) is 0.701. The van der Waals surface area contributed by atoms with Gasteiger partial charge in [0.25, 0.3) is 0 Å². The molecule has 0 spiro atoms. The lowest BCUT2D eigenvalue weighted by Gasteiger charge is -2.03. The Morgan fingerprint density at radius 3 is 2.08 bits per heavy atom. The number of carbonyl (C=O) groups excluding carboxylic acids is 1. The van der Waals surface area contributed by atoms with Crippen molar-refractivity contribution >= 4 is 5.91 Å². The summed E-state index contributed by atoms with van der Waals surface area (Å²) in [5.74, 6) is 0.393. The van der Waals surface area contributed by atoms with E-state index < -0.39 is 0 Å². The lowest BCUT2D eigenvalue weighted by Crippen LogP contribution is -2.56. The zero-order chi connectivity index (χ0) is 9.14. The van der Waals surface area contributed by atoms with E-state index in [1.807, 2.05) is 24.3 Å². The molecule has 1 rings (SSSR count). The number of benzene rings is 1. The van der Waals surface area contributed by atoms with Crippen LogP contribution >= 0.6 is 0 Å². The van der Waals surface area contributed by atoms with Crippen LogP contribution in [0.2, 0.25) is 0 Å².